The summed E-state index contributed by atoms with van der Waals surface area (Å²) in [6, 6.07) is 9.73. The van der Waals surface area contributed by atoms with E-state index in [0.717, 1.165) is 22.0 Å². The van der Waals surface area contributed by atoms with Gasteiger partial charge in [0, 0.05) is 19.7 Å². The first-order valence-electron chi connectivity index (χ1n) is 4.78. The Bertz CT molecular complexity index is 468. The van der Waals surface area contributed by atoms with Gasteiger partial charge in [-0.1, -0.05) is 45.2 Å². The Hall–Kier alpha value is -0.0200. The zero-order valence-corrected chi connectivity index (χ0v) is 12.2. The van der Waals surface area contributed by atoms with Crippen molar-refractivity contribution in [2.24, 2.45) is 0 Å². The molecule has 1 atom stereocenters. The van der Waals surface area contributed by atoms with Gasteiger partial charge < -0.3 is 0 Å². The summed E-state index contributed by atoms with van der Waals surface area (Å²) >= 11 is 17.5. The van der Waals surface area contributed by atoms with Gasteiger partial charge in [-0.2, -0.15) is 0 Å². The average Bonchev–Trinajstić information content (AvgIpc) is 2.74. The van der Waals surface area contributed by atoms with Crippen LogP contribution in [0.2, 0.25) is 10.0 Å². The molecule has 16 heavy (non-hydrogen) atoms. The lowest BCUT2D eigenvalue weighted by molar-refractivity contribution is 0.969. The highest BCUT2D eigenvalue weighted by atomic mass is 79.9. The van der Waals surface area contributed by atoms with Crippen LogP contribution in [0.3, 0.4) is 0 Å². The molecule has 84 valence electrons. The Morgan fingerprint density at radius 1 is 1.25 bits per heavy atom. The van der Waals surface area contributed by atoms with Crippen LogP contribution < -0.4 is 0 Å². The normalized spacial score (nSPS) is 12.7. The molecule has 0 aliphatic rings. The predicted octanol–water partition coefficient (Wildman–Crippen LogP) is 5.73. The van der Waals surface area contributed by atoms with Gasteiger partial charge in [0.25, 0.3) is 0 Å². The third kappa shape index (κ3) is 3.01. The van der Waals surface area contributed by atoms with Gasteiger partial charge in [-0.05, 0) is 41.6 Å². The quantitative estimate of drug-likeness (QED) is 0.628. The molecule has 1 aromatic heterocycles. The Kier molecular flexibility index (Phi) is 4.31. The molecule has 0 aliphatic carbocycles. The number of thiophene rings is 1. The molecule has 2 aromatic rings. The Labute approximate surface area is 117 Å². The van der Waals surface area contributed by atoms with Crippen molar-refractivity contribution in [3.8, 4) is 0 Å². The molecule has 0 bridgehead atoms. The lowest BCUT2D eigenvalue weighted by Crippen LogP contribution is -1.94. The van der Waals surface area contributed by atoms with E-state index in [4.69, 9.17) is 23.2 Å². The summed E-state index contributed by atoms with van der Waals surface area (Å²) < 4.78 is 0. The summed E-state index contributed by atoms with van der Waals surface area (Å²) in [5.41, 5.74) is 1.04. The van der Waals surface area contributed by atoms with Crippen LogP contribution in [-0.2, 0) is 6.42 Å². The molecular weight excluding hydrogens is 327 g/mol. The minimum atomic E-state index is 0.206. The highest BCUT2D eigenvalue weighted by Crippen LogP contribution is 2.34. The van der Waals surface area contributed by atoms with Crippen LogP contribution >= 0.6 is 50.5 Å². The molecule has 0 nitrogen and oxygen atoms in total. The third-order valence-electron chi connectivity index (χ3n) is 2.26. The van der Waals surface area contributed by atoms with Crippen molar-refractivity contribution < 1.29 is 0 Å². The van der Waals surface area contributed by atoms with E-state index in [0.29, 0.717) is 0 Å². The number of alkyl halides is 1. The molecule has 0 N–H and O–H groups in total. The highest BCUT2D eigenvalue weighted by molar-refractivity contribution is 9.09. The van der Waals surface area contributed by atoms with Gasteiger partial charge in [0.2, 0.25) is 0 Å². The van der Waals surface area contributed by atoms with Crippen LogP contribution in [0.15, 0.2) is 35.7 Å². The molecule has 0 amide bonds. The molecule has 0 aliphatic heterocycles. The maximum Gasteiger partial charge on any atom is 0.0458 e. The zero-order chi connectivity index (χ0) is 11.5. The van der Waals surface area contributed by atoms with Crippen LogP contribution in [0.5, 0.6) is 0 Å². The minimum absolute atomic E-state index is 0.206. The van der Waals surface area contributed by atoms with Crippen molar-refractivity contribution in [1.82, 2.24) is 0 Å². The van der Waals surface area contributed by atoms with Gasteiger partial charge in [0.15, 0.2) is 0 Å². The molecule has 4 heteroatoms. The molecule has 0 radical (unpaired) electrons. The van der Waals surface area contributed by atoms with Crippen LogP contribution in [0.1, 0.15) is 15.3 Å². The van der Waals surface area contributed by atoms with E-state index in [-0.39, 0.29) is 4.83 Å². The lowest BCUT2D eigenvalue weighted by atomic mass is 10.1. The molecule has 2 rings (SSSR count). The average molecular weight is 336 g/mol. The summed E-state index contributed by atoms with van der Waals surface area (Å²) in [5, 5.41) is 3.55. The van der Waals surface area contributed by atoms with E-state index >= 15 is 0 Å². The first kappa shape index (κ1) is 12.4. The fourth-order valence-corrected chi connectivity index (χ4v) is 3.73. The SMILES string of the molecule is Clc1ccc(Cl)c(C(Br)Cc2cccs2)c1. The second kappa shape index (κ2) is 5.54. The molecular formula is C12H9BrCl2S. The smallest absolute Gasteiger partial charge is 0.0458 e. The van der Waals surface area contributed by atoms with E-state index in [1.165, 1.54) is 4.88 Å². The van der Waals surface area contributed by atoms with Gasteiger partial charge in [-0.25, -0.2) is 0 Å². The van der Waals surface area contributed by atoms with Crippen molar-refractivity contribution in [2.45, 2.75) is 11.2 Å². The summed E-state index contributed by atoms with van der Waals surface area (Å²) in [7, 11) is 0. The van der Waals surface area contributed by atoms with Crippen LogP contribution in [-0.4, -0.2) is 0 Å². The number of benzene rings is 1. The summed E-state index contributed by atoms with van der Waals surface area (Å²) in [6.07, 6.45) is 0.928. The lowest BCUT2D eigenvalue weighted by Gasteiger charge is -2.11. The highest BCUT2D eigenvalue weighted by Gasteiger charge is 2.13. The first-order chi connectivity index (χ1) is 7.66. The topological polar surface area (TPSA) is 0 Å². The monoisotopic (exact) mass is 334 g/mol. The number of hydrogen-bond acceptors (Lipinski definition) is 1. The van der Waals surface area contributed by atoms with Gasteiger partial charge in [-0.3, -0.25) is 0 Å². The van der Waals surface area contributed by atoms with Gasteiger partial charge in [0.05, 0.1) is 0 Å². The second-order valence-corrected chi connectivity index (χ2v) is 6.40. The molecule has 0 spiro atoms. The van der Waals surface area contributed by atoms with Crippen LogP contribution in [0.25, 0.3) is 0 Å². The second-order valence-electron chi connectivity index (χ2n) is 3.42. The Balaban J connectivity index is 2.20. The van der Waals surface area contributed by atoms with E-state index in [9.17, 15) is 0 Å². The maximum atomic E-state index is 6.15. The maximum absolute atomic E-state index is 6.15. The predicted molar refractivity (Wildman–Crippen MR) is 76.2 cm³/mol. The molecule has 1 heterocycles. The van der Waals surface area contributed by atoms with Crippen molar-refractivity contribution in [3.05, 3.63) is 56.2 Å². The van der Waals surface area contributed by atoms with Gasteiger partial charge in [0.1, 0.15) is 0 Å². The molecule has 0 saturated heterocycles. The first-order valence-corrected chi connectivity index (χ1v) is 7.33. The van der Waals surface area contributed by atoms with Gasteiger partial charge >= 0.3 is 0 Å². The molecule has 0 fully saturated rings. The van der Waals surface area contributed by atoms with E-state index in [1.54, 1.807) is 17.4 Å². The van der Waals surface area contributed by atoms with Crippen LogP contribution in [0, 0.1) is 0 Å². The van der Waals surface area contributed by atoms with Crippen molar-refractivity contribution >= 4 is 50.5 Å². The summed E-state index contributed by atoms with van der Waals surface area (Å²) in [5.74, 6) is 0. The van der Waals surface area contributed by atoms with E-state index < -0.39 is 0 Å². The number of halogens is 3. The number of hydrogen-bond donors (Lipinski definition) is 0. The van der Waals surface area contributed by atoms with Crippen LogP contribution in [0.4, 0.5) is 0 Å². The van der Waals surface area contributed by atoms with E-state index in [2.05, 4.69) is 33.4 Å². The Morgan fingerprint density at radius 2 is 2.06 bits per heavy atom. The fourth-order valence-electron chi connectivity index (χ4n) is 1.47. The fraction of sp³-hybridized carbons (Fsp3) is 0.167. The summed E-state index contributed by atoms with van der Waals surface area (Å²) in [4.78, 5) is 1.54. The van der Waals surface area contributed by atoms with Gasteiger partial charge in [-0.15, -0.1) is 11.3 Å². The van der Waals surface area contributed by atoms with Crippen molar-refractivity contribution in [3.63, 3.8) is 0 Å². The van der Waals surface area contributed by atoms with E-state index in [1.807, 2.05) is 12.1 Å². The number of rotatable bonds is 3. The summed E-state index contributed by atoms with van der Waals surface area (Å²) in [6.45, 7) is 0. The molecule has 1 unspecified atom stereocenters. The van der Waals surface area contributed by atoms with Crippen molar-refractivity contribution in [1.29, 1.82) is 0 Å². The largest absolute Gasteiger partial charge is 0.149 e. The zero-order valence-electron chi connectivity index (χ0n) is 8.29. The Morgan fingerprint density at radius 3 is 2.75 bits per heavy atom. The molecule has 0 saturated carbocycles. The minimum Gasteiger partial charge on any atom is -0.149 e. The third-order valence-corrected chi connectivity index (χ3v) is 4.55. The van der Waals surface area contributed by atoms with Crippen molar-refractivity contribution in [2.75, 3.05) is 0 Å². The standard InChI is InChI=1S/C12H9BrCl2S/c13-11(7-9-2-1-5-16-9)10-6-8(14)3-4-12(10)15/h1-6,11H,7H2. The molecule has 1 aromatic carbocycles.